The van der Waals surface area contributed by atoms with Crippen LogP contribution in [0.5, 0.6) is 0 Å². The molecule has 0 unspecified atom stereocenters. The Labute approximate surface area is 116 Å². The minimum absolute atomic E-state index is 0.194. The third kappa shape index (κ3) is 2.22. The highest BCUT2D eigenvalue weighted by Crippen LogP contribution is 2.40. The number of benzene rings is 1. The van der Waals surface area contributed by atoms with E-state index in [0.717, 1.165) is 5.56 Å². The Hall–Kier alpha value is -2.08. The lowest BCUT2D eigenvalue weighted by Gasteiger charge is -2.15. The van der Waals surface area contributed by atoms with Crippen LogP contribution in [0.4, 0.5) is 4.79 Å². The van der Waals surface area contributed by atoms with Crippen molar-refractivity contribution in [3.05, 3.63) is 35.9 Å². The highest BCUT2D eigenvalue weighted by atomic mass is 16.6. The molecule has 106 valence electrons. The summed E-state index contributed by atoms with van der Waals surface area (Å²) in [6, 6.07) is 8.65. The average molecular weight is 277 g/mol. The van der Waals surface area contributed by atoms with Crippen LogP contribution in [0.2, 0.25) is 0 Å². The first kappa shape index (κ1) is 12.9. The van der Waals surface area contributed by atoms with Crippen molar-refractivity contribution < 1.29 is 23.8 Å². The summed E-state index contributed by atoms with van der Waals surface area (Å²) in [5.41, 5.74) is 0.906. The van der Waals surface area contributed by atoms with Crippen molar-refractivity contribution in [2.75, 3.05) is 13.7 Å². The number of nitrogens with zero attached hydrogens (tertiary/aromatic N) is 1. The van der Waals surface area contributed by atoms with Gasteiger partial charge >= 0.3 is 12.1 Å². The van der Waals surface area contributed by atoms with Gasteiger partial charge in [-0.2, -0.15) is 0 Å². The molecule has 2 heterocycles. The summed E-state index contributed by atoms with van der Waals surface area (Å²) in [5, 5.41) is 0. The fraction of sp³-hybridized carbons (Fsp3) is 0.429. The molecule has 1 aromatic carbocycles. The molecule has 2 saturated heterocycles. The van der Waals surface area contributed by atoms with E-state index in [1.54, 1.807) is 0 Å². The van der Waals surface area contributed by atoms with E-state index in [4.69, 9.17) is 14.2 Å². The van der Waals surface area contributed by atoms with Crippen molar-refractivity contribution in [2.45, 2.75) is 24.8 Å². The molecule has 3 rings (SSSR count). The van der Waals surface area contributed by atoms with Crippen molar-refractivity contribution in [3.63, 3.8) is 0 Å². The smallest absolute Gasteiger partial charge is 0.411 e. The third-order valence-electron chi connectivity index (χ3n) is 3.49. The van der Waals surface area contributed by atoms with Crippen molar-refractivity contribution in [1.82, 2.24) is 4.90 Å². The quantitative estimate of drug-likeness (QED) is 0.605. The van der Waals surface area contributed by atoms with Gasteiger partial charge < -0.3 is 14.2 Å². The molecule has 0 aromatic heterocycles. The molecule has 3 atom stereocenters. The van der Waals surface area contributed by atoms with Crippen LogP contribution in [0.1, 0.15) is 5.56 Å². The van der Waals surface area contributed by atoms with Crippen LogP contribution in [0.25, 0.3) is 0 Å². The van der Waals surface area contributed by atoms with E-state index < -0.39 is 12.1 Å². The van der Waals surface area contributed by atoms with Crippen LogP contribution in [0.15, 0.2) is 30.3 Å². The first-order chi connectivity index (χ1) is 9.72. The summed E-state index contributed by atoms with van der Waals surface area (Å²) in [6.45, 7) is 0.481. The standard InChI is InChI=1S/C14H15NO5/c1-18-8-10-11-12(13(16)20-10)15(11)14(17)19-7-9-5-3-2-4-6-9/h2-6,10-12H,7-8H2,1H3/t10-,11+,12+,15?/m1/s1. The minimum atomic E-state index is -0.501. The van der Waals surface area contributed by atoms with Crippen LogP contribution >= 0.6 is 0 Å². The molecule has 6 nitrogen and oxygen atoms in total. The van der Waals surface area contributed by atoms with Crippen molar-refractivity contribution in [3.8, 4) is 0 Å². The summed E-state index contributed by atoms with van der Waals surface area (Å²) in [7, 11) is 1.53. The van der Waals surface area contributed by atoms with Crippen LogP contribution in [-0.4, -0.2) is 48.9 Å². The molecule has 2 fully saturated rings. The maximum Gasteiger partial charge on any atom is 0.411 e. The van der Waals surface area contributed by atoms with Crippen LogP contribution < -0.4 is 0 Å². The van der Waals surface area contributed by atoms with Gasteiger partial charge in [0.05, 0.1) is 6.61 Å². The summed E-state index contributed by atoms with van der Waals surface area (Å²) < 4.78 is 15.3. The topological polar surface area (TPSA) is 64.8 Å². The number of hydrogen-bond acceptors (Lipinski definition) is 5. The predicted molar refractivity (Wildman–Crippen MR) is 67.8 cm³/mol. The van der Waals surface area contributed by atoms with E-state index in [9.17, 15) is 9.59 Å². The molecule has 2 aliphatic rings. The van der Waals surface area contributed by atoms with Crippen molar-refractivity contribution in [2.24, 2.45) is 0 Å². The average Bonchev–Trinajstić information content (AvgIpc) is 3.13. The maximum atomic E-state index is 11.9. The highest BCUT2D eigenvalue weighted by molar-refractivity contribution is 5.91. The van der Waals surface area contributed by atoms with Gasteiger partial charge in [-0.25, -0.2) is 9.59 Å². The fourth-order valence-electron chi connectivity index (χ4n) is 2.50. The van der Waals surface area contributed by atoms with E-state index in [1.165, 1.54) is 12.0 Å². The summed E-state index contributed by atoms with van der Waals surface area (Å²) in [5.74, 6) is -0.381. The molecule has 0 spiro atoms. The van der Waals surface area contributed by atoms with Gasteiger partial charge in [0.2, 0.25) is 0 Å². The number of cyclic esters (lactones) is 1. The van der Waals surface area contributed by atoms with Crippen LogP contribution in [0.3, 0.4) is 0 Å². The third-order valence-corrected chi connectivity index (χ3v) is 3.49. The van der Waals surface area contributed by atoms with Gasteiger partial charge in [-0.05, 0) is 5.56 Å². The van der Waals surface area contributed by atoms with Crippen molar-refractivity contribution in [1.29, 1.82) is 0 Å². The molecule has 0 saturated carbocycles. The largest absolute Gasteiger partial charge is 0.456 e. The van der Waals surface area contributed by atoms with E-state index in [-0.39, 0.29) is 31.3 Å². The Morgan fingerprint density at radius 2 is 2.10 bits per heavy atom. The summed E-state index contributed by atoms with van der Waals surface area (Å²) in [6.07, 6.45) is -0.872. The van der Waals surface area contributed by atoms with E-state index in [1.807, 2.05) is 30.3 Å². The Morgan fingerprint density at radius 3 is 2.80 bits per heavy atom. The molecule has 1 aromatic rings. The van der Waals surface area contributed by atoms with Crippen LogP contribution in [-0.2, 0) is 25.6 Å². The van der Waals surface area contributed by atoms with E-state index in [0.29, 0.717) is 0 Å². The first-order valence-corrected chi connectivity index (χ1v) is 6.41. The monoisotopic (exact) mass is 277 g/mol. The number of carbonyl (C=O) groups is 2. The molecule has 1 amide bonds. The Balaban J connectivity index is 1.56. The van der Waals surface area contributed by atoms with Crippen molar-refractivity contribution >= 4 is 12.1 Å². The number of methoxy groups -OCH3 is 1. The lowest BCUT2D eigenvalue weighted by atomic mass is 10.2. The summed E-state index contributed by atoms with van der Waals surface area (Å²) in [4.78, 5) is 24.9. The van der Waals surface area contributed by atoms with Gasteiger partial charge in [0.25, 0.3) is 0 Å². The zero-order valence-corrected chi connectivity index (χ0v) is 11.0. The molecule has 6 heteroatoms. The Bertz CT molecular complexity index is 518. The van der Waals surface area contributed by atoms with Crippen LogP contribution in [0, 0.1) is 0 Å². The van der Waals surface area contributed by atoms with E-state index >= 15 is 0 Å². The second-order valence-corrected chi connectivity index (χ2v) is 4.81. The van der Waals surface area contributed by atoms with Gasteiger partial charge in [-0.1, -0.05) is 30.3 Å². The maximum absolute atomic E-state index is 11.9. The van der Waals surface area contributed by atoms with Gasteiger partial charge in [0.15, 0.2) is 6.04 Å². The minimum Gasteiger partial charge on any atom is -0.456 e. The number of ether oxygens (including phenoxy) is 3. The number of rotatable bonds is 4. The van der Waals surface area contributed by atoms with Gasteiger partial charge in [0.1, 0.15) is 18.8 Å². The number of fused-ring (bicyclic) bond motifs is 1. The number of amides is 1. The Kier molecular flexibility index (Phi) is 3.31. The lowest BCUT2D eigenvalue weighted by Crippen LogP contribution is -2.31. The zero-order valence-electron chi connectivity index (χ0n) is 11.0. The van der Waals surface area contributed by atoms with Gasteiger partial charge in [-0.3, -0.25) is 4.90 Å². The molecular formula is C14H15NO5. The second kappa shape index (κ2) is 5.13. The lowest BCUT2D eigenvalue weighted by molar-refractivity contribution is -0.148. The number of hydrogen-bond donors (Lipinski definition) is 0. The number of morpholine rings is 1. The SMILES string of the molecule is COC[C@H]1OC(=O)[C@@H]2[C@H]1N2C(=O)OCc1ccccc1. The normalized spacial score (nSPS) is 26.9. The van der Waals surface area contributed by atoms with Gasteiger partial charge in [0, 0.05) is 7.11 Å². The number of carbonyl (C=O) groups excluding carboxylic acids is 2. The fourth-order valence-corrected chi connectivity index (χ4v) is 2.50. The highest BCUT2D eigenvalue weighted by Gasteiger charge is 2.67. The molecule has 0 aliphatic carbocycles. The molecule has 2 aliphatic heterocycles. The molecular weight excluding hydrogens is 262 g/mol. The summed E-state index contributed by atoms with van der Waals surface area (Å²) >= 11 is 0. The zero-order chi connectivity index (χ0) is 14.1. The molecule has 20 heavy (non-hydrogen) atoms. The van der Waals surface area contributed by atoms with Gasteiger partial charge in [-0.15, -0.1) is 0 Å². The molecule has 0 radical (unpaired) electrons. The first-order valence-electron chi connectivity index (χ1n) is 6.41. The molecule has 0 bridgehead atoms. The molecule has 0 N–H and O–H groups in total. The predicted octanol–water partition coefficient (Wildman–Crippen LogP) is 0.948. The Morgan fingerprint density at radius 1 is 1.35 bits per heavy atom. The second-order valence-electron chi connectivity index (χ2n) is 4.81. The number of esters is 1. The van der Waals surface area contributed by atoms with E-state index in [2.05, 4.69) is 0 Å².